The molecule has 0 saturated carbocycles. The third-order valence-electron chi connectivity index (χ3n) is 4.55. The molecule has 0 rings (SSSR count). The molecule has 1 nitrogen and oxygen atoms in total. The van der Waals surface area contributed by atoms with Gasteiger partial charge in [0.05, 0.1) is 6.10 Å². The van der Waals surface area contributed by atoms with E-state index in [4.69, 9.17) is 0 Å². The molecule has 0 spiro atoms. The molecule has 23 heavy (non-hydrogen) atoms. The van der Waals surface area contributed by atoms with E-state index in [0.717, 1.165) is 6.42 Å². The summed E-state index contributed by atoms with van der Waals surface area (Å²) in [6, 6.07) is 0. The second kappa shape index (κ2) is 20.4. The van der Waals surface area contributed by atoms with Gasteiger partial charge in [0.15, 0.2) is 0 Å². The van der Waals surface area contributed by atoms with E-state index in [-0.39, 0.29) is 6.10 Å². The van der Waals surface area contributed by atoms with E-state index < -0.39 is 0 Å². The first kappa shape index (κ1) is 23.3. The van der Waals surface area contributed by atoms with Crippen molar-refractivity contribution in [1.82, 2.24) is 0 Å². The molecule has 0 heterocycles. The maximum atomic E-state index is 9.18. The maximum Gasteiger partial charge on any atom is 0.0512 e. The summed E-state index contributed by atoms with van der Waals surface area (Å²) in [4.78, 5) is 0. The molecule has 0 aromatic carbocycles. The van der Waals surface area contributed by atoms with E-state index in [1.807, 2.05) is 6.92 Å². The van der Waals surface area contributed by atoms with Crippen molar-refractivity contribution in [2.45, 2.75) is 123 Å². The molecule has 0 aromatic heterocycles. The molecule has 0 aliphatic heterocycles. The van der Waals surface area contributed by atoms with Crippen LogP contribution in [0.4, 0.5) is 0 Å². The average molecular weight is 345 g/mol. The van der Waals surface area contributed by atoms with Gasteiger partial charge in [0.25, 0.3) is 0 Å². The Morgan fingerprint density at radius 3 is 1.43 bits per heavy atom. The second-order valence-electron chi connectivity index (χ2n) is 7.20. The normalized spacial score (nSPS) is 12.7. The zero-order valence-corrected chi connectivity index (χ0v) is 17.0. The van der Waals surface area contributed by atoms with Gasteiger partial charge in [0, 0.05) is 0 Å². The fraction of sp³-hybridized carbons (Fsp3) is 1.00. The van der Waals surface area contributed by atoms with Crippen LogP contribution in [-0.4, -0.2) is 22.7 Å². The summed E-state index contributed by atoms with van der Waals surface area (Å²) in [6.07, 6.45) is 21.9. The third-order valence-corrected chi connectivity index (χ3v) is 5.71. The molecule has 0 aliphatic rings. The quantitative estimate of drug-likeness (QED) is 0.247. The van der Waals surface area contributed by atoms with E-state index in [1.165, 1.54) is 108 Å². The van der Waals surface area contributed by atoms with E-state index in [9.17, 15) is 5.11 Å². The second-order valence-corrected chi connectivity index (χ2v) is 8.42. The minimum absolute atomic E-state index is 0.104. The summed E-state index contributed by atoms with van der Waals surface area (Å²) in [5, 5.41) is 9.18. The zero-order valence-electron chi connectivity index (χ0n) is 16.2. The van der Waals surface area contributed by atoms with Crippen molar-refractivity contribution in [3.8, 4) is 0 Å². The van der Waals surface area contributed by atoms with Gasteiger partial charge in [-0.05, 0) is 37.7 Å². The Morgan fingerprint density at radius 1 is 0.609 bits per heavy atom. The van der Waals surface area contributed by atoms with Gasteiger partial charge in [0.1, 0.15) is 0 Å². The van der Waals surface area contributed by atoms with Gasteiger partial charge in [-0.3, -0.25) is 0 Å². The van der Waals surface area contributed by atoms with Crippen molar-refractivity contribution in [2.75, 3.05) is 11.5 Å². The van der Waals surface area contributed by atoms with Gasteiger partial charge in [-0.15, -0.1) is 0 Å². The Bertz CT molecular complexity index is 206. The highest BCUT2D eigenvalue weighted by atomic mass is 32.2. The van der Waals surface area contributed by atoms with Gasteiger partial charge in [-0.2, -0.15) is 11.8 Å². The summed E-state index contributed by atoms with van der Waals surface area (Å²) < 4.78 is 0. The van der Waals surface area contributed by atoms with Crippen LogP contribution in [0.1, 0.15) is 117 Å². The molecule has 140 valence electrons. The topological polar surface area (TPSA) is 20.2 Å². The summed E-state index contributed by atoms with van der Waals surface area (Å²) >= 11 is 2.17. The Balaban J connectivity index is 2.95. The van der Waals surface area contributed by atoms with Gasteiger partial charge in [-0.25, -0.2) is 0 Å². The first-order valence-corrected chi connectivity index (χ1v) is 11.7. The van der Waals surface area contributed by atoms with Crippen molar-refractivity contribution < 1.29 is 5.11 Å². The molecule has 1 unspecified atom stereocenters. The molecular formula is C21H44OS. The predicted molar refractivity (Wildman–Crippen MR) is 109 cm³/mol. The lowest BCUT2D eigenvalue weighted by molar-refractivity contribution is 0.180. The van der Waals surface area contributed by atoms with Crippen molar-refractivity contribution in [1.29, 1.82) is 0 Å². The van der Waals surface area contributed by atoms with Crippen molar-refractivity contribution in [2.24, 2.45) is 0 Å². The lowest BCUT2D eigenvalue weighted by Crippen LogP contribution is -1.98. The monoisotopic (exact) mass is 344 g/mol. The number of unbranched alkanes of at least 4 members (excludes halogenated alkanes) is 13. The smallest absolute Gasteiger partial charge is 0.0512 e. The number of rotatable bonds is 19. The molecule has 1 atom stereocenters. The molecular weight excluding hydrogens is 300 g/mol. The SMILES string of the molecule is CCCCCCCCCCCSCCCCCCCCC(C)O. The van der Waals surface area contributed by atoms with Crippen molar-refractivity contribution >= 4 is 11.8 Å². The first-order chi connectivity index (χ1) is 11.3. The van der Waals surface area contributed by atoms with Crippen LogP contribution in [0.3, 0.4) is 0 Å². The van der Waals surface area contributed by atoms with Gasteiger partial charge in [0.2, 0.25) is 0 Å². The fourth-order valence-electron chi connectivity index (χ4n) is 2.97. The van der Waals surface area contributed by atoms with Crippen LogP contribution in [0.5, 0.6) is 0 Å². The number of aliphatic hydroxyl groups excluding tert-OH is 1. The number of thioether (sulfide) groups is 1. The largest absolute Gasteiger partial charge is 0.393 e. The first-order valence-electron chi connectivity index (χ1n) is 10.5. The summed E-state index contributed by atoms with van der Waals surface area (Å²) in [6.45, 7) is 4.18. The van der Waals surface area contributed by atoms with Gasteiger partial charge >= 0.3 is 0 Å². The standard InChI is InChI=1S/C21H44OS/c1-3-4-5-6-7-8-10-13-16-19-23-20-17-14-11-9-12-15-18-21(2)22/h21-22H,3-20H2,1-2H3. The Kier molecular flexibility index (Phi) is 20.6. The van der Waals surface area contributed by atoms with Crippen molar-refractivity contribution in [3.05, 3.63) is 0 Å². The summed E-state index contributed by atoms with van der Waals surface area (Å²) in [7, 11) is 0. The highest BCUT2D eigenvalue weighted by Crippen LogP contribution is 2.14. The van der Waals surface area contributed by atoms with Crippen LogP contribution in [-0.2, 0) is 0 Å². The molecule has 0 aliphatic carbocycles. The molecule has 0 saturated heterocycles. The number of hydrogen-bond acceptors (Lipinski definition) is 2. The molecule has 2 heteroatoms. The van der Waals surface area contributed by atoms with Crippen LogP contribution in [0.25, 0.3) is 0 Å². The maximum absolute atomic E-state index is 9.18. The Morgan fingerprint density at radius 2 is 1.00 bits per heavy atom. The molecule has 0 aromatic rings. The molecule has 0 radical (unpaired) electrons. The Labute approximate surface area is 151 Å². The third kappa shape index (κ3) is 22.3. The lowest BCUT2D eigenvalue weighted by Gasteiger charge is -2.04. The van der Waals surface area contributed by atoms with Crippen LogP contribution in [0.2, 0.25) is 0 Å². The molecule has 0 fully saturated rings. The van der Waals surface area contributed by atoms with Crippen LogP contribution >= 0.6 is 11.8 Å². The number of aliphatic hydroxyl groups is 1. The van der Waals surface area contributed by atoms with E-state index >= 15 is 0 Å². The zero-order chi connectivity index (χ0) is 17.0. The number of hydrogen-bond donors (Lipinski definition) is 1. The van der Waals surface area contributed by atoms with E-state index in [2.05, 4.69) is 18.7 Å². The fourth-order valence-corrected chi connectivity index (χ4v) is 3.99. The minimum atomic E-state index is -0.104. The predicted octanol–water partition coefficient (Wildman–Crippen LogP) is 7.36. The summed E-state index contributed by atoms with van der Waals surface area (Å²) in [5.74, 6) is 2.74. The molecule has 0 amide bonds. The minimum Gasteiger partial charge on any atom is -0.393 e. The Hall–Kier alpha value is 0.310. The van der Waals surface area contributed by atoms with Crippen LogP contribution < -0.4 is 0 Å². The van der Waals surface area contributed by atoms with Crippen molar-refractivity contribution in [3.63, 3.8) is 0 Å². The van der Waals surface area contributed by atoms with E-state index in [1.54, 1.807) is 0 Å². The van der Waals surface area contributed by atoms with Gasteiger partial charge in [-0.1, -0.05) is 90.4 Å². The molecule has 1 N–H and O–H groups in total. The van der Waals surface area contributed by atoms with Gasteiger partial charge < -0.3 is 5.11 Å². The van der Waals surface area contributed by atoms with Crippen LogP contribution in [0.15, 0.2) is 0 Å². The average Bonchev–Trinajstić information content (AvgIpc) is 2.53. The van der Waals surface area contributed by atoms with Crippen LogP contribution in [0, 0.1) is 0 Å². The van der Waals surface area contributed by atoms with E-state index in [0.29, 0.717) is 0 Å². The molecule has 0 bridgehead atoms. The highest BCUT2D eigenvalue weighted by Gasteiger charge is 1.96. The highest BCUT2D eigenvalue weighted by molar-refractivity contribution is 7.99. The lowest BCUT2D eigenvalue weighted by atomic mass is 10.1. The summed E-state index contributed by atoms with van der Waals surface area (Å²) in [5.41, 5.74) is 0.